The minimum absolute atomic E-state index is 0.0842. The maximum atomic E-state index is 12.3. The van der Waals surface area contributed by atoms with E-state index in [1.165, 1.54) is 0 Å². The van der Waals surface area contributed by atoms with Crippen molar-refractivity contribution in [2.24, 2.45) is 0 Å². The molecule has 6 heteroatoms. The van der Waals surface area contributed by atoms with Crippen LogP contribution in [0.25, 0.3) is 11.1 Å². The monoisotopic (exact) mass is 356 g/mol. The smallest absolute Gasteiger partial charge is 0.251 e. The Balaban J connectivity index is 1.52. The average molecular weight is 357 g/mol. The van der Waals surface area contributed by atoms with E-state index in [9.17, 15) is 4.79 Å². The van der Waals surface area contributed by atoms with Crippen LogP contribution in [0.3, 0.4) is 0 Å². The van der Waals surface area contributed by atoms with Crippen LogP contribution in [0.5, 0.6) is 0 Å². The molecule has 4 rings (SSSR count). The van der Waals surface area contributed by atoms with Crippen LogP contribution in [-0.4, -0.2) is 30.1 Å². The molecule has 0 aliphatic carbocycles. The lowest BCUT2D eigenvalue weighted by molar-refractivity contribution is 0.0930. The fraction of sp³-hybridized carbons (Fsp3) is 0.263. The third-order valence-electron chi connectivity index (χ3n) is 4.23. The highest BCUT2D eigenvalue weighted by molar-refractivity contribution is 6.30. The quantitative estimate of drug-likeness (QED) is 0.775. The second kappa shape index (κ2) is 6.86. The van der Waals surface area contributed by atoms with Crippen molar-refractivity contribution in [1.29, 1.82) is 0 Å². The topological polar surface area (TPSA) is 64.4 Å². The summed E-state index contributed by atoms with van der Waals surface area (Å²) in [6.07, 6.45) is 1.43. The summed E-state index contributed by atoms with van der Waals surface area (Å²) in [6, 6.07) is 13.0. The molecule has 128 valence electrons. The van der Waals surface area contributed by atoms with E-state index in [1.54, 1.807) is 18.2 Å². The Labute approximate surface area is 149 Å². The molecule has 1 aliphatic rings. The van der Waals surface area contributed by atoms with E-state index in [0.29, 0.717) is 47.2 Å². The van der Waals surface area contributed by atoms with E-state index in [0.717, 1.165) is 12.0 Å². The molecule has 1 N–H and O–H groups in total. The molecule has 0 spiro atoms. The van der Waals surface area contributed by atoms with Gasteiger partial charge in [0, 0.05) is 23.6 Å². The predicted molar refractivity (Wildman–Crippen MR) is 95.0 cm³/mol. The van der Waals surface area contributed by atoms with Crippen LogP contribution in [0.1, 0.15) is 28.2 Å². The van der Waals surface area contributed by atoms with Gasteiger partial charge in [-0.3, -0.25) is 4.79 Å². The van der Waals surface area contributed by atoms with Crippen LogP contribution in [0.2, 0.25) is 5.02 Å². The number of nitrogens with one attached hydrogen (secondary N) is 1. The Morgan fingerprint density at radius 2 is 2.08 bits per heavy atom. The van der Waals surface area contributed by atoms with Crippen LogP contribution in [-0.2, 0) is 11.2 Å². The van der Waals surface area contributed by atoms with Crippen molar-refractivity contribution in [1.82, 2.24) is 10.3 Å². The first-order valence-corrected chi connectivity index (χ1v) is 8.58. The minimum atomic E-state index is -0.111. The summed E-state index contributed by atoms with van der Waals surface area (Å²) in [5, 5.41) is 3.68. The standard InChI is InChI=1S/C19H17ClN2O3/c20-14-4-1-12(2-5-14)9-18-22-16-10-13(3-6-17(16)25-18)19(23)21-15-7-8-24-11-15/h1-6,10,15H,7-9,11H2,(H,21,23). The molecular formula is C19H17ClN2O3. The Bertz CT molecular complexity index is 899. The van der Waals surface area contributed by atoms with Crippen molar-refractivity contribution in [3.05, 3.63) is 64.5 Å². The summed E-state index contributed by atoms with van der Waals surface area (Å²) >= 11 is 5.90. The van der Waals surface area contributed by atoms with E-state index in [1.807, 2.05) is 24.3 Å². The summed E-state index contributed by atoms with van der Waals surface area (Å²) in [7, 11) is 0. The molecule has 1 unspecified atom stereocenters. The number of aromatic nitrogens is 1. The molecule has 1 aliphatic heterocycles. The fourth-order valence-corrected chi connectivity index (χ4v) is 3.01. The molecule has 1 saturated heterocycles. The SMILES string of the molecule is O=C(NC1CCOC1)c1ccc2oc(Cc3ccc(Cl)cc3)nc2c1. The zero-order valence-corrected chi connectivity index (χ0v) is 14.3. The van der Waals surface area contributed by atoms with Crippen molar-refractivity contribution in [3.8, 4) is 0 Å². The summed E-state index contributed by atoms with van der Waals surface area (Å²) < 4.78 is 11.1. The number of carbonyl (C=O) groups is 1. The van der Waals surface area contributed by atoms with Gasteiger partial charge in [0.1, 0.15) is 5.52 Å². The molecule has 2 heterocycles. The zero-order valence-electron chi connectivity index (χ0n) is 13.5. The van der Waals surface area contributed by atoms with Crippen molar-refractivity contribution in [3.63, 3.8) is 0 Å². The van der Waals surface area contributed by atoms with Gasteiger partial charge in [-0.1, -0.05) is 23.7 Å². The van der Waals surface area contributed by atoms with Gasteiger partial charge in [0.25, 0.3) is 5.91 Å². The van der Waals surface area contributed by atoms with E-state index < -0.39 is 0 Å². The second-order valence-electron chi connectivity index (χ2n) is 6.13. The van der Waals surface area contributed by atoms with Crippen LogP contribution in [0.4, 0.5) is 0 Å². The van der Waals surface area contributed by atoms with Gasteiger partial charge in [-0.2, -0.15) is 0 Å². The first-order chi connectivity index (χ1) is 12.2. The summed E-state index contributed by atoms with van der Waals surface area (Å²) in [4.78, 5) is 16.8. The van der Waals surface area contributed by atoms with E-state index in [2.05, 4.69) is 10.3 Å². The summed E-state index contributed by atoms with van der Waals surface area (Å²) in [5.74, 6) is 0.499. The maximum absolute atomic E-state index is 12.3. The highest BCUT2D eigenvalue weighted by Gasteiger charge is 2.19. The predicted octanol–water partition coefficient (Wildman–Crippen LogP) is 3.59. The number of rotatable bonds is 4. The van der Waals surface area contributed by atoms with Gasteiger partial charge in [-0.05, 0) is 42.3 Å². The number of nitrogens with zero attached hydrogens (tertiary/aromatic N) is 1. The minimum Gasteiger partial charge on any atom is -0.440 e. The van der Waals surface area contributed by atoms with Gasteiger partial charge in [0.05, 0.1) is 12.6 Å². The number of carbonyl (C=O) groups excluding carboxylic acids is 1. The number of oxazole rings is 1. The first-order valence-electron chi connectivity index (χ1n) is 8.20. The highest BCUT2D eigenvalue weighted by Crippen LogP contribution is 2.20. The Morgan fingerprint density at radius 3 is 2.84 bits per heavy atom. The van der Waals surface area contributed by atoms with Crippen LogP contribution < -0.4 is 5.32 Å². The summed E-state index contributed by atoms with van der Waals surface area (Å²) in [6.45, 7) is 1.27. The molecule has 25 heavy (non-hydrogen) atoms. The largest absolute Gasteiger partial charge is 0.440 e. The average Bonchev–Trinajstić information content (AvgIpc) is 3.25. The molecule has 0 bridgehead atoms. The lowest BCUT2D eigenvalue weighted by atomic mass is 10.1. The van der Waals surface area contributed by atoms with Gasteiger partial charge >= 0.3 is 0 Å². The normalized spacial score (nSPS) is 17.1. The van der Waals surface area contributed by atoms with E-state index >= 15 is 0 Å². The molecule has 1 fully saturated rings. The molecular weight excluding hydrogens is 340 g/mol. The molecule has 0 radical (unpaired) electrons. The van der Waals surface area contributed by atoms with Gasteiger partial charge in [0.15, 0.2) is 11.5 Å². The second-order valence-corrected chi connectivity index (χ2v) is 6.56. The maximum Gasteiger partial charge on any atom is 0.251 e. The lowest BCUT2D eigenvalue weighted by Crippen LogP contribution is -2.34. The number of hydrogen-bond acceptors (Lipinski definition) is 4. The number of benzene rings is 2. The van der Waals surface area contributed by atoms with Crippen molar-refractivity contribution in [2.45, 2.75) is 18.9 Å². The zero-order chi connectivity index (χ0) is 17.2. The third kappa shape index (κ3) is 3.67. The van der Waals surface area contributed by atoms with Gasteiger partial charge in [-0.25, -0.2) is 4.98 Å². The molecule has 1 aromatic heterocycles. The molecule has 1 amide bonds. The number of amides is 1. The fourth-order valence-electron chi connectivity index (χ4n) is 2.89. The first kappa shape index (κ1) is 16.1. The molecule has 5 nitrogen and oxygen atoms in total. The number of ether oxygens (including phenoxy) is 1. The van der Waals surface area contributed by atoms with Gasteiger partial charge < -0.3 is 14.5 Å². The van der Waals surface area contributed by atoms with Gasteiger partial charge in [0.2, 0.25) is 0 Å². The highest BCUT2D eigenvalue weighted by atomic mass is 35.5. The Morgan fingerprint density at radius 1 is 1.24 bits per heavy atom. The lowest BCUT2D eigenvalue weighted by Gasteiger charge is -2.10. The third-order valence-corrected chi connectivity index (χ3v) is 4.48. The number of hydrogen-bond donors (Lipinski definition) is 1. The van der Waals surface area contributed by atoms with E-state index in [4.69, 9.17) is 20.8 Å². The van der Waals surface area contributed by atoms with Gasteiger partial charge in [-0.15, -0.1) is 0 Å². The Kier molecular flexibility index (Phi) is 4.42. The number of halogens is 1. The molecule has 3 aromatic rings. The van der Waals surface area contributed by atoms with Crippen molar-refractivity contribution < 1.29 is 13.9 Å². The number of fused-ring (bicyclic) bond motifs is 1. The van der Waals surface area contributed by atoms with Crippen LogP contribution in [0.15, 0.2) is 46.9 Å². The Hall–Kier alpha value is -2.37. The van der Waals surface area contributed by atoms with E-state index in [-0.39, 0.29) is 11.9 Å². The van der Waals surface area contributed by atoms with Crippen molar-refractivity contribution >= 4 is 28.6 Å². The summed E-state index contributed by atoms with van der Waals surface area (Å²) in [5.41, 5.74) is 2.99. The van der Waals surface area contributed by atoms with Crippen LogP contribution in [0, 0.1) is 0 Å². The van der Waals surface area contributed by atoms with Crippen LogP contribution >= 0.6 is 11.6 Å². The molecule has 2 aromatic carbocycles. The molecule has 0 saturated carbocycles. The molecule has 1 atom stereocenters. The van der Waals surface area contributed by atoms with Crippen molar-refractivity contribution in [2.75, 3.05) is 13.2 Å².